The van der Waals surface area contributed by atoms with Crippen molar-refractivity contribution in [3.05, 3.63) is 71.3 Å². The van der Waals surface area contributed by atoms with Crippen molar-refractivity contribution >= 4 is 0 Å². The lowest BCUT2D eigenvalue weighted by molar-refractivity contribution is 0.498. The third kappa shape index (κ3) is 4.50. The Morgan fingerprint density at radius 1 is 1.00 bits per heavy atom. The summed E-state index contributed by atoms with van der Waals surface area (Å²) in [6.07, 6.45) is 3.57. The summed E-state index contributed by atoms with van der Waals surface area (Å²) in [4.78, 5) is 0. The van der Waals surface area contributed by atoms with Gasteiger partial charge in [0.05, 0.1) is 0 Å². The van der Waals surface area contributed by atoms with Crippen LogP contribution in [0.2, 0.25) is 0 Å². The van der Waals surface area contributed by atoms with Gasteiger partial charge in [-0.1, -0.05) is 67.1 Å². The topological polar surface area (TPSA) is 12.0 Å². The van der Waals surface area contributed by atoms with E-state index in [-0.39, 0.29) is 0 Å². The maximum absolute atomic E-state index is 3.61. The van der Waals surface area contributed by atoms with Gasteiger partial charge in [0.15, 0.2) is 0 Å². The first-order valence-corrected chi connectivity index (χ1v) is 7.63. The van der Waals surface area contributed by atoms with Crippen molar-refractivity contribution < 1.29 is 0 Å². The molecule has 0 spiro atoms. The highest BCUT2D eigenvalue weighted by Gasteiger charge is 2.09. The fourth-order valence-electron chi connectivity index (χ4n) is 2.67. The number of rotatable bonds is 7. The molecule has 1 atom stereocenters. The Hall–Kier alpha value is -1.60. The Bertz CT molecular complexity index is 504. The molecule has 1 unspecified atom stereocenters. The zero-order chi connectivity index (χ0) is 14.2. The van der Waals surface area contributed by atoms with E-state index in [1.54, 1.807) is 0 Å². The normalized spacial score (nSPS) is 12.3. The monoisotopic (exact) mass is 267 g/mol. The van der Waals surface area contributed by atoms with E-state index in [1.807, 2.05) is 0 Å². The van der Waals surface area contributed by atoms with Crippen molar-refractivity contribution in [1.29, 1.82) is 0 Å². The zero-order valence-electron chi connectivity index (χ0n) is 12.6. The van der Waals surface area contributed by atoms with Crippen LogP contribution in [-0.2, 0) is 6.42 Å². The summed E-state index contributed by atoms with van der Waals surface area (Å²) in [7, 11) is 0. The van der Waals surface area contributed by atoms with Gasteiger partial charge in [0.25, 0.3) is 0 Å². The fourth-order valence-corrected chi connectivity index (χ4v) is 2.67. The van der Waals surface area contributed by atoms with Gasteiger partial charge in [0.1, 0.15) is 0 Å². The van der Waals surface area contributed by atoms with Crippen LogP contribution in [0.25, 0.3) is 0 Å². The molecule has 106 valence electrons. The Morgan fingerprint density at radius 2 is 1.80 bits per heavy atom. The molecule has 2 aromatic carbocycles. The Labute approximate surface area is 123 Å². The summed E-state index contributed by atoms with van der Waals surface area (Å²) >= 11 is 0. The van der Waals surface area contributed by atoms with Crippen molar-refractivity contribution in [1.82, 2.24) is 5.32 Å². The van der Waals surface area contributed by atoms with Crippen molar-refractivity contribution in [2.75, 3.05) is 6.54 Å². The van der Waals surface area contributed by atoms with Crippen LogP contribution in [0.4, 0.5) is 0 Å². The van der Waals surface area contributed by atoms with E-state index in [2.05, 4.69) is 73.8 Å². The van der Waals surface area contributed by atoms with Crippen molar-refractivity contribution in [2.45, 2.75) is 39.2 Å². The van der Waals surface area contributed by atoms with Crippen LogP contribution in [-0.4, -0.2) is 6.54 Å². The molecule has 2 rings (SSSR count). The highest BCUT2D eigenvalue weighted by molar-refractivity contribution is 5.25. The smallest absolute Gasteiger partial charge is 0.0320 e. The number of nitrogens with one attached hydrogen (secondary N) is 1. The first-order valence-electron chi connectivity index (χ1n) is 7.63. The first kappa shape index (κ1) is 14.8. The maximum Gasteiger partial charge on any atom is 0.0320 e. The molecule has 1 N–H and O–H groups in total. The molecular formula is C19H25N. The zero-order valence-corrected chi connectivity index (χ0v) is 12.6. The average Bonchev–Trinajstić information content (AvgIpc) is 2.47. The van der Waals surface area contributed by atoms with E-state index < -0.39 is 0 Å². The van der Waals surface area contributed by atoms with Gasteiger partial charge in [0, 0.05) is 6.04 Å². The molecule has 2 aromatic rings. The highest BCUT2D eigenvalue weighted by atomic mass is 14.9. The number of hydrogen-bond donors (Lipinski definition) is 1. The summed E-state index contributed by atoms with van der Waals surface area (Å²) in [6, 6.07) is 20.1. The number of aryl methyl sites for hydroxylation is 2. The van der Waals surface area contributed by atoms with Crippen LogP contribution in [0.3, 0.4) is 0 Å². The first-order chi connectivity index (χ1) is 9.79. The Kier molecular flexibility index (Phi) is 5.82. The molecule has 0 saturated carbocycles. The van der Waals surface area contributed by atoms with Crippen LogP contribution in [0, 0.1) is 6.92 Å². The van der Waals surface area contributed by atoms with E-state index in [4.69, 9.17) is 0 Å². The number of hydrogen-bond acceptors (Lipinski definition) is 1. The van der Waals surface area contributed by atoms with Gasteiger partial charge in [-0.2, -0.15) is 0 Å². The molecule has 0 heterocycles. The van der Waals surface area contributed by atoms with Crippen LogP contribution in [0.15, 0.2) is 54.6 Å². The van der Waals surface area contributed by atoms with Gasteiger partial charge >= 0.3 is 0 Å². The quantitative estimate of drug-likeness (QED) is 0.768. The second kappa shape index (κ2) is 7.86. The van der Waals surface area contributed by atoms with Crippen LogP contribution < -0.4 is 5.32 Å². The van der Waals surface area contributed by atoms with Gasteiger partial charge in [0.2, 0.25) is 0 Å². The maximum atomic E-state index is 3.61. The van der Waals surface area contributed by atoms with Gasteiger partial charge in [-0.05, 0) is 43.9 Å². The number of benzene rings is 2. The highest BCUT2D eigenvalue weighted by Crippen LogP contribution is 2.20. The van der Waals surface area contributed by atoms with Gasteiger partial charge in [-0.3, -0.25) is 0 Å². The SMILES string of the molecule is CCNC(CCCc1ccccc1)c1cccc(C)c1. The third-order valence-corrected chi connectivity index (χ3v) is 3.70. The summed E-state index contributed by atoms with van der Waals surface area (Å²) in [6.45, 7) is 5.36. The molecular weight excluding hydrogens is 242 g/mol. The fraction of sp³-hybridized carbons (Fsp3) is 0.368. The molecule has 0 fully saturated rings. The second-order valence-electron chi connectivity index (χ2n) is 5.40. The standard InChI is InChI=1S/C19H25N/c1-3-20-19(18-13-7-9-16(2)15-18)14-8-12-17-10-5-4-6-11-17/h4-7,9-11,13,15,19-20H,3,8,12,14H2,1-2H3. The predicted molar refractivity (Wildman–Crippen MR) is 87.0 cm³/mol. The summed E-state index contributed by atoms with van der Waals surface area (Å²) in [5.41, 5.74) is 4.19. The summed E-state index contributed by atoms with van der Waals surface area (Å²) in [5, 5.41) is 3.61. The Balaban J connectivity index is 1.92. The third-order valence-electron chi connectivity index (χ3n) is 3.70. The molecule has 0 aliphatic carbocycles. The van der Waals surface area contributed by atoms with E-state index in [0.717, 1.165) is 13.0 Å². The molecule has 0 saturated heterocycles. The minimum absolute atomic E-state index is 0.476. The van der Waals surface area contributed by atoms with Gasteiger partial charge in [-0.25, -0.2) is 0 Å². The van der Waals surface area contributed by atoms with Crippen LogP contribution >= 0.6 is 0 Å². The molecule has 1 heteroatoms. The summed E-state index contributed by atoms with van der Waals surface area (Å²) in [5.74, 6) is 0. The lowest BCUT2D eigenvalue weighted by Crippen LogP contribution is -2.21. The van der Waals surface area contributed by atoms with Gasteiger partial charge in [-0.15, -0.1) is 0 Å². The van der Waals surface area contributed by atoms with Crippen LogP contribution in [0.1, 0.15) is 42.5 Å². The molecule has 0 aromatic heterocycles. The molecule has 0 bridgehead atoms. The average molecular weight is 267 g/mol. The Morgan fingerprint density at radius 3 is 2.50 bits per heavy atom. The van der Waals surface area contributed by atoms with E-state index >= 15 is 0 Å². The minimum Gasteiger partial charge on any atom is -0.310 e. The van der Waals surface area contributed by atoms with E-state index in [1.165, 1.54) is 29.5 Å². The molecule has 1 nitrogen and oxygen atoms in total. The molecule has 0 aliphatic heterocycles. The second-order valence-corrected chi connectivity index (χ2v) is 5.40. The molecule has 0 aliphatic rings. The van der Waals surface area contributed by atoms with Crippen molar-refractivity contribution in [2.24, 2.45) is 0 Å². The predicted octanol–water partition coefficient (Wildman–Crippen LogP) is 4.67. The van der Waals surface area contributed by atoms with E-state index in [0.29, 0.717) is 6.04 Å². The van der Waals surface area contributed by atoms with Crippen molar-refractivity contribution in [3.8, 4) is 0 Å². The lowest BCUT2D eigenvalue weighted by atomic mass is 9.98. The summed E-state index contributed by atoms with van der Waals surface area (Å²) < 4.78 is 0. The van der Waals surface area contributed by atoms with Crippen LogP contribution in [0.5, 0.6) is 0 Å². The minimum atomic E-state index is 0.476. The molecule has 0 radical (unpaired) electrons. The largest absolute Gasteiger partial charge is 0.310 e. The lowest BCUT2D eigenvalue weighted by Gasteiger charge is -2.19. The van der Waals surface area contributed by atoms with Gasteiger partial charge < -0.3 is 5.32 Å². The molecule has 0 amide bonds. The van der Waals surface area contributed by atoms with E-state index in [9.17, 15) is 0 Å². The molecule has 20 heavy (non-hydrogen) atoms. The van der Waals surface area contributed by atoms with Crippen molar-refractivity contribution in [3.63, 3.8) is 0 Å².